The van der Waals surface area contributed by atoms with Gasteiger partial charge < -0.3 is 54.4 Å². The Morgan fingerprint density at radius 3 is 2.20 bits per heavy atom. The van der Waals surface area contributed by atoms with Gasteiger partial charge in [-0.05, 0) is 101 Å². The Balaban J connectivity index is 1.72. The maximum Gasteiger partial charge on any atom is 0.329 e. The van der Waals surface area contributed by atoms with Gasteiger partial charge in [0.05, 0.1) is 30.5 Å². The van der Waals surface area contributed by atoms with Crippen molar-refractivity contribution in [2.24, 2.45) is 35.3 Å². The quantitative estimate of drug-likeness (QED) is 0.145. The number of aliphatic hydroxyl groups is 3. The van der Waals surface area contributed by atoms with E-state index >= 15 is 0 Å². The number of carbonyl (C=O) groups is 4. The molecule has 1 aliphatic carbocycles. The van der Waals surface area contributed by atoms with E-state index < -0.39 is 90.1 Å². The number of ketones is 2. The van der Waals surface area contributed by atoms with Crippen LogP contribution in [0.15, 0.2) is 47.6 Å². The fourth-order valence-corrected chi connectivity index (χ4v) is 10.3. The molecule has 4 aliphatic rings. The fraction of sp³-hybridized carbons (Fsp3) is 0.765. The van der Waals surface area contributed by atoms with Crippen molar-refractivity contribution in [2.45, 2.75) is 185 Å². The molecule has 2 saturated heterocycles. The number of amides is 1. The van der Waals surface area contributed by atoms with Crippen LogP contribution in [0.25, 0.3) is 0 Å². The van der Waals surface area contributed by atoms with Crippen LogP contribution in [0.5, 0.6) is 0 Å². The lowest BCUT2D eigenvalue weighted by Crippen LogP contribution is -2.61. The molecular weight excluding hydrogens is 849 g/mol. The maximum absolute atomic E-state index is 14.5. The number of cyclic esters (lactones) is 1. The lowest BCUT2D eigenvalue weighted by Gasteiger charge is -2.43. The van der Waals surface area contributed by atoms with Crippen LogP contribution in [-0.2, 0) is 47.6 Å². The second kappa shape index (κ2) is 26.0. The highest BCUT2D eigenvalue weighted by molar-refractivity contribution is 6.39. The maximum atomic E-state index is 14.5. The predicted octanol–water partition coefficient (Wildman–Crippen LogP) is 5.32. The van der Waals surface area contributed by atoms with E-state index in [0.29, 0.717) is 69.8 Å². The Hall–Kier alpha value is -3.12. The van der Waals surface area contributed by atoms with Gasteiger partial charge in [-0.25, -0.2) is 4.79 Å². The number of methoxy groups -OCH3 is 4. The Morgan fingerprint density at radius 2 is 1.53 bits per heavy atom. The molecule has 2 bridgehead atoms. The van der Waals surface area contributed by atoms with Crippen molar-refractivity contribution in [1.82, 2.24) is 4.90 Å². The zero-order valence-electron chi connectivity index (χ0n) is 41.3. The van der Waals surface area contributed by atoms with Gasteiger partial charge in [0.15, 0.2) is 5.78 Å². The molecule has 66 heavy (non-hydrogen) atoms. The van der Waals surface area contributed by atoms with E-state index in [1.54, 1.807) is 35.2 Å². The summed E-state index contributed by atoms with van der Waals surface area (Å²) in [6, 6.07) is -1.82. The molecule has 0 aromatic carbocycles. The second-order valence-corrected chi connectivity index (χ2v) is 19.7. The highest BCUT2D eigenvalue weighted by Crippen LogP contribution is 2.37. The molecule has 15 nitrogen and oxygen atoms in total. The number of nitrogens with two attached hydrogens (primary N) is 1. The number of esters is 1. The molecule has 15 heteroatoms. The number of piperidine rings is 1. The van der Waals surface area contributed by atoms with Crippen molar-refractivity contribution in [3.05, 3.63) is 47.6 Å². The minimum absolute atomic E-state index is 0.0367. The Kier molecular flexibility index (Phi) is 21.9. The number of fused-ring (bicyclic) bond motifs is 3. The lowest BCUT2D eigenvalue weighted by atomic mass is 9.80. The second-order valence-electron chi connectivity index (χ2n) is 19.7. The molecule has 3 heterocycles. The molecule has 0 aromatic heterocycles. The number of hydrogen-bond donors (Lipinski definition) is 4. The van der Waals surface area contributed by atoms with Crippen molar-refractivity contribution in [3.63, 3.8) is 0 Å². The average Bonchev–Trinajstić information content (AvgIpc) is 3.30. The average molecular weight is 931 g/mol. The molecule has 1 amide bonds. The van der Waals surface area contributed by atoms with E-state index in [1.165, 1.54) is 12.0 Å². The van der Waals surface area contributed by atoms with Crippen LogP contribution in [0, 0.1) is 29.6 Å². The number of rotatable bonds is 7. The smallest absolute Gasteiger partial charge is 0.329 e. The third-order valence-electron chi connectivity index (χ3n) is 14.7. The molecule has 374 valence electrons. The molecule has 0 spiro atoms. The summed E-state index contributed by atoms with van der Waals surface area (Å²) in [7, 11) is 6.10. The van der Waals surface area contributed by atoms with Crippen molar-refractivity contribution in [1.29, 1.82) is 0 Å². The van der Waals surface area contributed by atoms with E-state index in [9.17, 15) is 34.5 Å². The van der Waals surface area contributed by atoms with Crippen LogP contribution in [0.4, 0.5) is 0 Å². The van der Waals surface area contributed by atoms with Gasteiger partial charge >= 0.3 is 5.97 Å². The Morgan fingerprint density at radius 1 is 0.818 bits per heavy atom. The van der Waals surface area contributed by atoms with Crippen LogP contribution in [-0.4, -0.2) is 145 Å². The minimum Gasteiger partial charge on any atom is -0.459 e. The van der Waals surface area contributed by atoms with Gasteiger partial charge in [-0.2, -0.15) is 0 Å². The van der Waals surface area contributed by atoms with E-state index in [0.717, 1.165) is 5.57 Å². The molecule has 0 radical (unpaired) electrons. The highest BCUT2D eigenvalue weighted by Gasteiger charge is 2.53. The van der Waals surface area contributed by atoms with Gasteiger partial charge in [-0.1, -0.05) is 64.2 Å². The summed E-state index contributed by atoms with van der Waals surface area (Å²) in [4.78, 5) is 58.0. The van der Waals surface area contributed by atoms with Crippen molar-refractivity contribution < 1.29 is 62.9 Å². The number of carbonyl (C=O) groups excluding carboxylic acids is 4. The number of allylic oxidation sites excluding steroid dienone is 5. The van der Waals surface area contributed by atoms with Crippen molar-refractivity contribution in [2.75, 3.05) is 35.0 Å². The zero-order valence-corrected chi connectivity index (χ0v) is 41.3. The normalized spacial score (nSPS) is 41.1. The zero-order chi connectivity index (χ0) is 48.9. The molecule has 3 aliphatic heterocycles. The molecule has 1 saturated carbocycles. The van der Waals surface area contributed by atoms with Crippen LogP contribution in [0.1, 0.15) is 119 Å². The number of nitrogens with zero attached hydrogens (tertiary/aromatic N) is 1. The predicted molar refractivity (Wildman–Crippen MR) is 250 cm³/mol. The fourth-order valence-electron chi connectivity index (χ4n) is 10.3. The van der Waals surface area contributed by atoms with Gasteiger partial charge in [0.25, 0.3) is 11.7 Å². The van der Waals surface area contributed by atoms with E-state index in [1.807, 2.05) is 64.2 Å². The standard InChI is InChI=1S/C51H82N2O13/c1-30-16-12-11-13-17-31(2)41(61-7)28-37-21-19-35(6)51(60,66-37)48(57)49(58)53-23-15-14-18-39(53)50(59)65-43(38(52)26-36-20-22-40(54)44(27-36)63-9)29-42(62-8)32(3)25-34(5)46(56)47(64-10)45(55)33(4)24-30/h11-13,16-17,25,30,32-33,35-44,46-47,54,56,60H,14-15,18-24,26-29,52H2,1-10H3/b13-11+,16-12+,31-17+,34-25+/t30-,32-,33-,35-,36+,37+,38-,39+,40-,41+,42-,43+,44-,46-,47+,51-/m1/s1. The number of aliphatic hydroxyl groups excluding tert-OH is 2. The molecule has 0 aromatic rings. The first-order chi connectivity index (χ1) is 31.3. The Bertz CT molecular complexity index is 1730. The van der Waals surface area contributed by atoms with Gasteiger partial charge in [-0.15, -0.1) is 0 Å². The van der Waals surface area contributed by atoms with Crippen LogP contribution < -0.4 is 5.73 Å². The van der Waals surface area contributed by atoms with E-state index in [4.69, 9.17) is 34.2 Å². The van der Waals surface area contributed by atoms with E-state index in [2.05, 4.69) is 0 Å². The largest absolute Gasteiger partial charge is 0.459 e. The van der Waals surface area contributed by atoms with Crippen LogP contribution in [0.2, 0.25) is 0 Å². The first-order valence-electron chi connectivity index (χ1n) is 24.2. The number of hydrogen-bond acceptors (Lipinski definition) is 14. The monoisotopic (exact) mass is 931 g/mol. The van der Waals surface area contributed by atoms with Gasteiger partial charge in [0.2, 0.25) is 5.79 Å². The summed E-state index contributed by atoms with van der Waals surface area (Å²) in [5, 5.41) is 34.0. The molecule has 5 N–H and O–H groups in total. The first-order valence-corrected chi connectivity index (χ1v) is 24.2. The van der Waals surface area contributed by atoms with Gasteiger partial charge in [0.1, 0.15) is 24.4 Å². The summed E-state index contributed by atoms with van der Waals surface area (Å²) >= 11 is 0. The molecule has 3 fully saturated rings. The first kappa shape index (κ1) is 55.5. The number of ether oxygens (including phenoxy) is 6. The van der Waals surface area contributed by atoms with Crippen LogP contribution in [0.3, 0.4) is 0 Å². The summed E-state index contributed by atoms with van der Waals surface area (Å²) in [5.41, 5.74) is 8.38. The third kappa shape index (κ3) is 14.5. The summed E-state index contributed by atoms with van der Waals surface area (Å²) in [6.45, 7) is 11.2. The van der Waals surface area contributed by atoms with Crippen molar-refractivity contribution in [3.8, 4) is 0 Å². The minimum atomic E-state index is -2.42. The third-order valence-corrected chi connectivity index (χ3v) is 14.7. The summed E-state index contributed by atoms with van der Waals surface area (Å²) < 4.78 is 35.6. The Labute approximate surface area is 393 Å². The summed E-state index contributed by atoms with van der Waals surface area (Å²) in [5.74, 6) is -6.88. The van der Waals surface area contributed by atoms with Gasteiger partial charge in [0, 0.05) is 71.6 Å². The lowest BCUT2D eigenvalue weighted by molar-refractivity contribution is -0.265. The van der Waals surface area contributed by atoms with Gasteiger partial charge in [-0.3, -0.25) is 14.4 Å². The molecular formula is C51H82N2O13. The van der Waals surface area contributed by atoms with Crippen LogP contribution >= 0.6 is 0 Å². The molecule has 4 rings (SSSR count). The molecule has 16 atom stereocenters. The van der Waals surface area contributed by atoms with Crippen molar-refractivity contribution >= 4 is 23.4 Å². The molecule has 0 unspecified atom stereocenters. The highest BCUT2D eigenvalue weighted by atomic mass is 16.6. The number of Topliss-reactive ketones (excluding diaryl/α,β-unsaturated/α-hetero) is 2. The SMILES string of the molecule is CO[C@H]1C[C@@H]2CC[C@@H](C)[C@@](O)(O2)C(=O)C(=O)N2CCCC[C@H]2C(=O)O[C@H]([C@H](N)C[C@@H]2CC[C@@H](O)[C@H](OC)C2)C[C@@H](OC)[C@H](C)/C=C(\C)[C@@H](O)[C@@H](OC)C(=O)[C@H](C)C[C@H](C)/C=C/C=C/C=C/1C. The van der Waals surface area contributed by atoms with E-state index in [-0.39, 0.29) is 49.0 Å². The topological polar surface area (TPSA) is 214 Å². The summed E-state index contributed by atoms with van der Waals surface area (Å²) in [6.07, 6.45) is 11.2.